The van der Waals surface area contributed by atoms with Crippen LogP contribution in [0.4, 0.5) is 0 Å². The number of esters is 1. The highest BCUT2D eigenvalue weighted by Crippen LogP contribution is 2.43. The Bertz CT molecular complexity index is 990. The summed E-state index contributed by atoms with van der Waals surface area (Å²) in [4.78, 5) is 45.0. The molecule has 0 aliphatic heterocycles. The minimum Gasteiger partial charge on any atom is -0.480 e. The van der Waals surface area contributed by atoms with Gasteiger partial charge in [0.15, 0.2) is 6.04 Å². The van der Waals surface area contributed by atoms with Gasteiger partial charge in [-0.3, -0.25) is 18.6 Å². The van der Waals surface area contributed by atoms with Crippen LogP contribution in [0, 0.1) is 0 Å². The zero-order chi connectivity index (χ0) is 32.9. The van der Waals surface area contributed by atoms with Crippen molar-refractivity contribution in [2.24, 2.45) is 0 Å². The molecule has 0 aromatic carbocycles. The Labute approximate surface area is 262 Å². The first-order valence-electron chi connectivity index (χ1n) is 15.3. The number of allylic oxidation sites excluding steroid dienone is 10. The van der Waals surface area contributed by atoms with Crippen LogP contribution in [0.15, 0.2) is 60.8 Å². The van der Waals surface area contributed by atoms with Crippen LogP contribution in [0.3, 0.4) is 0 Å². The molecule has 250 valence electrons. The summed E-state index contributed by atoms with van der Waals surface area (Å²) in [6.45, 7) is 2.16. The number of hydrogen-bond acceptors (Lipinski definition) is 8. The van der Waals surface area contributed by atoms with Gasteiger partial charge in [-0.1, -0.05) is 87.4 Å². The molecule has 3 atom stereocenters. The molecule has 0 saturated carbocycles. The largest absolute Gasteiger partial charge is 0.480 e. The van der Waals surface area contributed by atoms with Crippen LogP contribution in [-0.4, -0.2) is 64.9 Å². The van der Waals surface area contributed by atoms with E-state index < -0.39 is 57.6 Å². The number of phosphoric acid groups is 1. The Kier molecular flexibility index (Phi) is 25.9. The van der Waals surface area contributed by atoms with Gasteiger partial charge in [-0.25, -0.2) is 9.36 Å². The Balaban J connectivity index is 4.16. The number of carboxylic acid groups (broad SMARTS) is 1. The van der Waals surface area contributed by atoms with Crippen LogP contribution in [-0.2, 0) is 32.7 Å². The minimum absolute atomic E-state index is 0.0642. The molecule has 44 heavy (non-hydrogen) atoms. The van der Waals surface area contributed by atoms with Gasteiger partial charge in [0.1, 0.15) is 12.7 Å². The molecule has 0 saturated heterocycles. The average molecular weight is 642 g/mol. The van der Waals surface area contributed by atoms with Crippen molar-refractivity contribution in [2.75, 3.05) is 19.8 Å². The van der Waals surface area contributed by atoms with E-state index in [0.29, 0.717) is 19.3 Å². The fourth-order valence-corrected chi connectivity index (χ4v) is 4.18. The Morgan fingerprint density at radius 1 is 0.750 bits per heavy atom. The summed E-state index contributed by atoms with van der Waals surface area (Å²) in [5, 5.41) is 21.4. The minimum atomic E-state index is -4.75. The third kappa shape index (κ3) is 26.8. The summed E-state index contributed by atoms with van der Waals surface area (Å²) in [7, 11) is -4.75. The molecule has 0 rings (SSSR count). The van der Waals surface area contributed by atoms with Gasteiger partial charge in [0.25, 0.3) is 0 Å². The number of carbonyl (C=O) groups is 3. The maximum absolute atomic E-state index is 12.2. The lowest BCUT2D eigenvalue weighted by Crippen LogP contribution is -2.43. The smallest absolute Gasteiger partial charge is 0.472 e. The van der Waals surface area contributed by atoms with Gasteiger partial charge in [-0.05, 0) is 51.4 Å². The first-order chi connectivity index (χ1) is 21.1. The van der Waals surface area contributed by atoms with Crippen molar-refractivity contribution in [1.82, 2.24) is 5.32 Å². The monoisotopic (exact) mass is 641 g/mol. The standard InChI is InChI=1S/C32H52NO10P/c1-3-5-7-8-9-10-11-12-13-14-15-16-17-18-19-20-22-23-30(35)33-29(32(37)38)27-43-44(39,40)42-26-28(34)25-41-31(36)24-21-6-4-2/h5,7,9-10,12-13,15-16,18-19,28-29,34H,3-4,6,8,11,14,17,20-27H2,1-2H3,(H,33,35)(H,37,38)(H,39,40)/b7-5-,10-9-,13-12-,16-15-,19-18-. The van der Waals surface area contributed by atoms with Crippen molar-refractivity contribution in [3.63, 3.8) is 0 Å². The number of unbranched alkanes of at least 4 members (excludes halogenated alkanes) is 3. The van der Waals surface area contributed by atoms with Crippen molar-refractivity contribution >= 4 is 25.7 Å². The second-order valence-electron chi connectivity index (χ2n) is 9.91. The second-order valence-corrected chi connectivity index (χ2v) is 11.4. The van der Waals surface area contributed by atoms with E-state index in [1.807, 2.05) is 19.1 Å². The topological polar surface area (TPSA) is 169 Å². The molecule has 1 amide bonds. The number of nitrogens with one attached hydrogen (secondary N) is 1. The first-order valence-corrected chi connectivity index (χ1v) is 16.8. The van der Waals surface area contributed by atoms with Gasteiger partial charge in [-0.2, -0.15) is 0 Å². The van der Waals surface area contributed by atoms with Gasteiger partial charge in [0.2, 0.25) is 5.91 Å². The molecule has 0 aliphatic rings. The van der Waals surface area contributed by atoms with Crippen LogP contribution in [0.2, 0.25) is 0 Å². The number of aliphatic hydroxyl groups is 1. The molecule has 3 unspecified atom stereocenters. The molecule has 12 heteroatoms. The highest BCUT2D eigenvalue weighted by molar-refractivity contribution is 7.47. The van der Waals surface area contributed by atoms with Crippen LogP contribution >= 0.6 is 7.82 Å². The fourth-order valence-electron chi connectivity index (χ4n) is 3.41. The summed E-state index contributed by atoms with van der Waals surface area (Å²) >= 11 is 0. The molecule has 0 radical (unpaired) electrons. The van der Waals surface area contributed by atoms with E-state index in [2.05, 4.69) is 69.9 Å². The quantitative estimate of drug-likeness (QED) is 0.0356. The maximum atomic E-state index is 12.2. The third-order valence-corrected chi connectivity index (χ3v) is 6.77. The summed E-state index contributed by atoms with van der Waals surface area (Å²) < 4.78 is 26.3. The maximum Gasteiger partial charge on any atom is 0.472 e. The number of aliphatic hydroxyl groups excluding tert-OH is 1. The molecule has 0 bridgehead atoms. The number of amides is 1. The molecule has 0 aromatic rings. The van der Waals surface area contributed by atoms with Crippen LogP contribution < -0.4 is 5.32 Å². The van der Waals surface area contributed by atoms with Crippen molar-refractivity contribution in [3.8, 4) is 0 Å². The van der Waals surface area contributed by atoms with Gasteiger partial charge in [0.05, 0.1) is 13.2 Å². The number of carbonyl (C=O) groups excluding carboxylic acids is 2. The Morgan fingerprint density at radius 2 is 1.30 bits per heavy atom. The molecule has 0 aliphatic carbocycles. The molecule has 0 spiro atoms. The molecular formula is C32H52NO10P. The molecule has 4 N–H and O–H groups in total. The number of phosphoric ester groups is 1. The van der Waals surface area contributed by atoms with Crippen molar-refractivity contribution in [3.05, 3.63) is 60.8 Å². The zero-order valence-electron chi connectivity index (χ0n) is 26.2. The average Bonchev–Trinajstić information content (AvgIpc) is 2.98. The van der Waals surface area contributed by atoms with Gasteiger partial charge < -0.3 is 25.2 Å². The Hall–Kier alpha value is -2.82. The zero-order valence-corrected chi connectivity index (χ0v) is 27.1. The van der Waals surface area contributed by atoms with E-state index in [1.165, 1.54) is 0 Å². The molecule has 0 heterocycles. The summed E-state index contributed by atoms with van der Waals surface area (Å²) in [6.07, 6.45) is 28.0. The number of carboxylic acids is 1. The normalized spacial score (nSPS) is 15.0. The van der Waals surface area contributed by atoms with Gasteiger partial charge >= 0.3 is 19.8 Å². The van der Waals surface area contributed by atoms with E-state index >= 15 is 0 Å². The van der Waals surface area contributed by atoms with E-state index in [4.69, 9.17) is 4.74 Å². The number of hydrogen-bond donors (Lipinski definition) is 4. The highest BCUT2D eigenvalue weighted by Gasteiger charge is 2.28. The second kappa shape index (κ2) is 27.7. The molecule has 0 aromatic heterocycles. The number of aliphatic carboxylic acids is 1. The predicted octanol–water partition coefficient (Wildman–Crippen LogP) is 6.10. The van der Waals surface area contributed by atoms with E-state index in [1.54, 1.807) is 0 Å². The summed E-state index contributed by atoms with van der Waals surface area (Å²) in [5.41, 5.74) is 0. The van der Waals surface area contributed by atoms with Crippen LogP contribution in [0.5, 0.6) is 0 Å². The van der Waals surface area contributed by atoms with Crippen LogP contribution in [0.1, 0.15) is 90.9 Å². The SMILES string of the molecule is CC/C=C\C/C=C\C/C=C\C/C=C\C/C=C\CCCC(=O)NC(COP(=O)(O)OCC(O)COC(=O)CCCCC)C(=O)O. The summed E-state index contributed by atoms with van der Waals surface area (Å²) in [5.74, 6) is -2.50. The molecule has 11 nitrogen and oxygen atoms in total. The van der Waals surface area contributed by atoms with E-state index in [-0.39, 0.29) is 12.8 Å². The van der Waals surface area contributed by atoms with E-state index in [0.717, 1.165) is 44.9 Å². The lowest BCUT2D eigenvalue weighted by atomic mass is 10.2. The summed E-state index contributed by atoms with van der Waals surface area (Å²) in [6, 6.07) is -1.57. The molecule has 0 fully saturated rings. The predicted molar refractivity (Wildman–Crippen MR) is 171 cm³/mol. The first kappa shape index (κ1) is 41.2. The number of rotatable bonds is 27. The van der Waals surface area contributed by atoms with E-state index in [9.17, 15) is 34.1 Å². The van der Waals surface area contributed by atoms with Crippen molar-refractivity contribution < 1.29 is 47.8 Å². The van der Waals surface area contributed by atoms with Gasteiger partial charge in [-0.15, -0.1) is 0 Å². The highest BCUT2D eigenvalue weighted by atomic mass is 31.2. The third-order valence-electron chi connectivity index (χ3n) is 5.82. The lowest BCUT2D eigenvalue weighted by Gasteiger charge is -2.18. The van der Waals surface area contributed by atoms with Crippen molar-refractivity contribution in [1.29, 1.82) is 0 Å². The lowest BCUT2D eigenvalue weighted by molar-refractivity contribution is -0.147. The van der Waals surface area contributed by atoms with Gasteiger partial charge in [0, 0.05) is 12.8 Å². The molecular weight excluding hydrogens is 589 g/mol. The Morgan fingerprint density at radius 3 is 1.84 bits per heavy atom. The number of ether oxygens (including phenoxy) is 1. The van der Waals surface area contributed by atoms with Crippen LogP contribution in [0.25, 0.3) is 0 Å². The van der Waals surface area contributed by atoms with Crippen molar-refractivity contribution in [2.45, 2.75) is 103 Å². The fraction of sp³-hybridized carbons (Fsp3) is 0.594.